The van der Waals surface area contributed by atoms with Crippen molar-refractivity contribution in [3.63, 3.8) is 0 Å². The van der Waals surface area contributed by atoms with E-state index in [9.17, 15) is 0 Å². The zero-order valence-corrected chi connectivity index (χ0v) is 13.4. The summed E-state index contributed by atoms with van der Waals surface area (Å²) in [7, 11) is 1.98. The molecule has 3 rings (SSSR count). The number of nitrogens with zero attached hydrogens (tertiary/aromatic N) is 5. The summed E-state index contributed by atoms with van der Waals surface area (Å²) >= 11 is 0. The first kappa shape index (κ1) is 15.4. The molecule has 0 aromatic carbocycles. The van der Waals surface area contributed by atoms with Crippen LogP contribution in [0.5, 0.6) is 0 Å². The summed E-state index contributed by atoms with van der Waals surface area (Å²) in [6, 6.07) is 3.74. The van der Waals surface area contributed by atoms with Crippen LogP contribution in [-0.2, 0) is 11.8 Å². The summed E-state index contributed by atoms with van der Waals surface area (Å²) < 4.78 is 7.48. The van der Waals surface area contributed by atoms with Gasteiger partial charge in [-0.25, -0.2) is 15.0 Å². The number of hydrogen-bond donors (Lipinski definition) is 1. The Labute approximate surface area is 135 Å². The van der Waals surface area contributed by atoms with Gasteiger partial charge in [-0.1, -0.05) is 0 Å². The molecule has 1 atom stereocenters. The van der Waals surface area contributed by atoms with E-state index in [1.807, 2.05) is 24.7 Å². The number of ether oxygens (including phenoxy) is 1. The van der Waals surface area contributed by atoms with E-state index in [1.165, 1.54) is 0 Å². The predicted octanol–water partition coefficient (Wildman–Crippen LogP) is 1.97. The number of imidazole rings is 1. The van der Waals surface area contributed by atoms with E-state index < -0.39 is 0 Å². The van der Waals surface area contributed by atoms with Crippen molar-refractivity contribution in [2.75, 3.05) is 18.5 Å². The van der Waals surface area contributed by atoms with Gasteiger partial charge in [-0.15, -0.1) is 0 Å². The highest BCUT2D eigenvalue weighted by molar-refractivity contribution is 5.35. The van der Waals surface area contributed by atoms with Crippen molar-refractivity contribution in [1.29, 1.82) is 5.26 Å². The Bertz CT molecular complexity index is 714. The zero-order chi connectivity index (χ0) is 16.2. The number of aromatic nitrogens is 4. The molecule has 0 spiro atoms. The molecule has 0 saturated carbocycles. The molecule has 0 aliphatic carbocycles. The van der Waals surface area contributed by atoms with Crippen LogP contribution in [0, 0.1) is 24.2 Å². The number of aryl methyl sites for hydroxylation is 2. The van der Waals surface area contributed by atoms with E-state index in [0.29, 0.717) is 17.6 Å². The van der Waals surface area contributed by atoms with Gasteiger partial charge in [-0.05, 0) is 31.7 Å². The highest BCUT2D eigenvalue weighted by atomic mass is 16.5. The lowest BCUT2D eigenvalue weighted by molar-refractivity contribution is 0.0593. The van der Waals surface area contributed by atoms with Crippen molar-refractivity contribution in [3.05, 3.63) is 35.7 Å². The topological polar surface area (TPSA) is 88.7 Å². The van der Waals surface area contributed by atoms with E-state index in [1.54, 1.807) is 12.3 Å². The van der Waals surface area contributed by atoms with Crippen LogP contribution in [0.15, 0.2) is 18.5 Å². The molecule has 120 valence electrons. The SMILES string of the molecule is Cc1cc(C#N)nc(N[C@@H](c2nccn2C)C2CCOCC2)n1. The largest absolute Gasteiger partial charge is 0.381 e. The average molecular weight is 312 g/mol. The minimum Gasteiger partial charge on any atom is -0.381 e. The summed E-state index contributed by atoms with van der Waals surface area (Å²) in [6.45, 7) is 3.37. The van der Waals surface area contributed by atoms with Crippen molar-refractivity contribution in [2.24, 2.45) is 13.0 Å². The minimum absolute atomic E-state index is 0.00718. The maximum atomic E-state index is 9.10. The van der Waals surface area contributed by atoms with Gasteiger partial charge in [0.05, 0.1) is 6.04 Å². The Morgan fingerprint density at radius 2 is 2.17 bits per heavy atom. The lowest BCUT2D eigenvalue weighted by Gasteiger charge is -2.30. The molecule has 3 heterocycles. The second-order valence-corrected chi connectivity index (χ2v) is 5.80. The molecule has 7 heteroatoms. The molecule has 0 bridgehead atoms. The second kappa shape index (κ2) is 6.75. The Morgan fingerprint density at radius 1 is 1.39 bits per heavy atom. The number of rotatable bonds is 4. The van der Waals surface area contributed by atoms with E-state index in [-0.39, 0.29) is 6.04 Å². The fourth-order valence-corrected chi connectivity index (χ4v) is 2.95. The first-order valence-corrected chi connectivity index (χ1v) is 7.74. The minimum atomic E-state index is -0.00718. The molecule has 1 aliphatic heterocycles. The summed E-state index contributed by atoms with van der Waals surface area (Å²) in [6.07, 6.45) is 5.64. The molecule has 1 saturated heterocycles. The summed E-state index contributed by atoms with van der Waals surface area (Å²) in [4.78, 5) is 13.2. The van der Waals surface area contributed by atoms with Crippen LogP contribution in [0.1, 0.15) is 36.1 Å². The molecule has 2 aromatic heterocycles. The quantitative estimate of drug-likeness (QED) is 0.928. The molecule has 2 aromatic rings. The van der Waals surface area contributed by atoms with E-state index >= 15 is 0 Å². The highest BCUT2D eigenvalue weighted by Gasteiger charge is 2.29. The first-order valence-electron chi connectivity index (χ1n) is 7.74. The molecule has 1 aliphatic rings. The maximum absolute atomic E-state index is 9.10. The van der Waals surface area contributed by atoms with Gasteiger partial charge in [0.15, 0.2) is 0 Å². The van der Waals surface area contributed by atoms with Crippen LogP contribution in [0.2, 0.25) is 0 Å². The summed E-state index contributed by atoms with van der Waals surface area (Å²) in [5.74, 6) is 1.81. The number of nitriles is 1. The van der Waals surface area contributed by atoms with E-state index in [2.05, 4.69) is 26.3 Å². The van der Waals surface area contributed by atoms with Crippen LogP contribution < -0.4 is 5.32 Å². The third-order valence-corrected chi connectivity index (χ3v) is 4.13. The lowest BCUT2D eigenvalue weighted by atomic mass is 9.91. The van der Waals surface area contributed by atoms with Crippen molar-refractivity contribution in [3.8, 4) is 6.07 Å². The van der Waals surface area contributed by atoms with Crippen LogP contribution in [-0.4, -0.2) is 32.7 Å². The molecule has 7 nitrogen and oxygen atoms in total. The van der Waals surface area contributed by atoms with Gasteiger partial charge < -0.3 is 14.6 Å². The zero-order valence-electron chi connectivity index (χ0n) is 13.4. The van der Waals surface area contributed by atoms with Crippen LogP contribution >= 0.6 is 0 Å². The van der Waals surface area contributed by atoms with Crippen molar-refractivity contribution in [1.82, 2.24) is 19.5 Å². The Hall–Kier alpha value is -2.46. The van der Waals surface area contributed by atoms with Gasteiger partial charge in [0.25, 0.3) is 0 Å². The van der Waals surface area contributed by atoms with Gasteiger partial charge in [-0.2, -0.15) is 5.26 Å². The van der Waals surface area contributed by atoms with Crippen molar-refractivity contribution < 1.29 is 4.74 Å². The van der Waals surface area contributed by atoms with E-state index in [0.717, 1.165) is 37.6 Å². The Balaban J connectivity index is 1.91. The molecular weight excluding hydrogens is 292 g/mol. The molecule has 23 heavy (non-hydrogen) atoms. The van der Waals surface area contributed by atoms with E-state index in [4.69, 9.17) is 10.00 Å². The normalized spacial score (nSPS) is 16.7. The molecule has 0 amide bonds. The third-order valence-electron chi connectivity index (χ3n) is 4.13. The second-order valence-electron chi connectivity index (χ2n) is 5.80. The average Bonchev–Trinajstić information content (AvgIpc) is 2.98. The number of nitrogens with one attached hydrogen (secondary N) is 1. The first-order chi connectivity index (χ1) is 11.2. The number of hydrogen-bond acceptors (Lipinski definition) is 6. The van der Waals surface area contributed by atoms with Gasteiger partial charge in [0.1, 0.15) is 17.6 Å². The van der Waals surface area contributed by atoms with Gasteiger partial charge in [-0.3, -0.25) is 0 Å². The lowest BCUT2D eigenvalue weighted by Crippen LogP contribution is -2.29. The fourth-order valence-electron chi connectivity index (χ4n) is 2.95. The molecule has 1 fully saturated rings. The van der Waals surface area contributed by atoms with Gasteiger partial charge in [0, 0.05) is 38.3 Å². The molecular formula is C16H20N6O. The highest BCUT2D eigenvalue weighted by Crippen LogP contribution is 2.31. The molecule has 1 N–H and O–H groups in total. The number of anilines is 1. The van der Waals surface area contributed by atoms with Gasteiger partial charge in [0.2, 0.25) is 5.95 Å². The molecule has 0 radical (unpaired) electrons. The van der Waals surface area contributed by atoms with Gasteiger partial charge >= 0.3 is 0 Å². The third kappa shape index (κ3) is 3.48. The Kier molecular flexibility index (Phi) is 4.53. The summed E-state index contributed by atoms with van der Waals surface area (Å²) in [5.41, 5.74) is 1.13. The Morgan fingerprint density at radius 3 is 2.83 bits per heavy atom. The predicted molar refractivity (Wildman–Crippen MR) is 84.6 cm³/mol. The van der Waals surface area contributed by atoms with Crippen molar-refractivity contribution >= 4 is 5.95 Å². The maximum Gasteiger partial charge on any atom is 0.224 e. The molecule has 0 unspecified atom stereocenters. The standard InChI is InChI=1S/C16H20N6O/c1-11-9-13(10-17)20-16(19-11)21-14(12-3-7-23-8-4-12)15-18-5-6-22(15)2/h5-6,9,12,14H,3-4,7-8H2,1-2H3,(H,19,20,21)/t14-/m1/s1. The fraction of sp³-hybridized carbons (Fsp3) is 0.500. The van der Waals surface area contributed by atoms with Crippen LogP contribution in [0.25, 0.3) is 0 Å². The van der Waals surface area contributed by atoms with Crippen LogP contribution in [0.3, 0.4) is 0 Å². The van der Waals surface area contributed by atoms with Crippen LogP contribution in [0.4, 0.5) is 5.95 Å². The smallest absolute Gasteiger partial charge is 0.224 e. The monoisotopic (exact) mass is 312 g/mol. The van der Waals surface area contributed by atoms with Crippen molar-refractivity contribution in [2.45, 2.75) is 25.8 Å². The summed E-state index contributed by atoms with van der Waals surface area (Å²) in [5, 5.41) is 12.5.